The Morgan fingerprint density at radius 2 is 2.06 bits per heavy atom. The Balaban J connectivity index is 2.16. The van der Waals surface area contributed by atoms with Gasteiger partial charge in [0, 0.05) is 6.42 Å². The van der Waals surface area contributed by atoms with Gasteiger partial charge in [0.1, 0.15) is 0 Å². The minimum atomic E-state index is -1.09. The van der Waals surface area contributed by atoms with Crippen LogP contribution in [0.25, 0.3) is 0 Å². The molecule has 1 aliphatic rings. The van der Waals surface area contributed by atoms with Crippen LogP contribution in [-0.2, 0) is 20.7 Å². The minimum absolute atomic E-state index is 0.0730. The first-order chi connectivity index (χ1) is 8.25. The van der Waals surface area contributed by atoms with Gasteiger partial charge in [0.05, 0.1) is 6.26 Å². The van der Waals surface area contributed by atoms with E-state index in [0.29, 0.717) is 6.42 Å². The first-order valence-electron chi connectivity index (χ1n) is 5.18. The number of aliphatic carboxylic acids is 1. The second-order valence-electron chi connectivity index (χ2n) is 3.60. The van der Waals surface area contributed by atoms with Gasteiger partial charge in [-0.15, -0.1) is 0 Å². The summed E-state index contributed by atoms with van der Waals surface area (Å²) in [6.45, 7) is -0.0730. The summed E-state index contributed by atoms with van der Waals surface area (Å²) in [6.07, 6.45) is 3.63. The van der Waals surface area contributed by atoms with Gasteiger partial charge in [-0.3, -0.25) is 0 Å². The van der Waals surface area contributed by atoms with Crippen LogP contribution in [-0.4, -0.2) is 17.9 Å². The van der Waals surface area contributed by atoms with Gasteiger partial charge in [-0.25, -0.2) is 4.79 Å². The van der Waals surface area contributed by atoms with E-state index >= 15 is 0 Å². The number of allylic oxidation sites excluding steroid dienone is 2. The maximum Gasteiger partial charge on any atom is 0.371 e. The van der Waals surface area contributed by atoms with E-state index in [4.69, 9.17) is 14.6 Å². The van der Waals surface area contributed by atoms with Crippen molar-refractivity contribution in [2.75, 3.05) is 6.79 Å². The fourth-order valence-corrected chi connectivity index (χ4v) is 1.53. The van der Waals surface area contributed by atoms with E-state index in [1.165, 1.54) is 12.3 Å². The van der Waals surface area contributed by atoms with Crippen molar-refractivity contribution in [3.63, 3.8) is 0 Å². The van der Waals surface area contributed by atoms with E-state index < -0.39 is 5.97 Å². The number of carbonyl (C=O) groups is 1. The van der Waals surface area contributed by atoms with Crippen LogP contribution in [0.2, 0.25) is 0 Å². The normalized spacial score (nSPS) is 14.8. The van der Waals surface area contributed by atoms with Crippen molar-refractivity contribution in [1.82, 2.24) is 0 Å². The Labute approximate surface area is 98.8 Å². The highest BCUT2D eigenvalue weighted by Gasteiger charge is 2.12. The van der Waals surface area contributed by atoms with Crippen LogP contribution in [0.1, 0.15) is 5.56 Å². The molecule has 0 bridgehead atoms. The third-order valence-corrected chi connectivity index (χ3v) is 2.30. The third kappa shape index (κ3) is 3.11. The lowest BCUT2D eigenvalue weighted by molar-refractivity contribution is -0.138. The van der Waals surface area contributed by atoms with Crippen LogP contribution >= 0.6 is 0 Å². The molecule has 0 aliphatic carbocycles. The Bertz CT molecular complexity index is 460. The van der Waals surface area contributed by atoms with Gasteiger partial charge in [-0.05, 0) is 17.2 Å². The maximum absolute atomic E-state index is 10.8. The van der Waals surface area contributed by atoms with Crippen LogP contribution in [0.15, 0.2) is 54.0 Å². The number of hydrogen-bond acceptors (Lipinski definition) is 3. The van der Waals surface area contributed by atoms with Crippen LogP contribution in [0.4, 0.5) is 0 Å². The zero-order valence-electron chi connectivity index (χ0n) is 9.13. The predicted molar refractivity (Wildman–Crippen MR) is 61.0 cm³/mol. The molecule has 0 saturated heterocycles. The Morgan fingerprint density at radius 1 is 1.29 bits per heavy atom. The first-order valence-corrected chi connectivity index (χ1v) is 5.18. The highest BCUT2D eigenvalue weighted by atomic mass is 16.7. The largest absolute Gasteiger partial charge is 0.475 e. The molecule has 0 unspecified atom stereocenters. The number of carboxylic acid groups (broad SMARTS) is 1. The molecule has 4 nitrogen and oxygen atoms in total. The predicted octanol–water partition coefficient (Wildman–Crippen LogP) is 2.09. The van der Waals surface area contributed by atoms with Gasteiger partial charge in [0.25, 0.3) is 0 Å². The zero-order chi connectivity index (χ0) is 12.1. The fraction of sp³-hybridized carbons (Fsp3) is 0.154. The molecule has 17 heavy (non-hydrogen) atoms. The van der Waals surface area contributed by atoms with Crippen molar-refractivity contribution in [2.45, 2.75) is 6.42 Å². The van der Waals surface area contributed by atoms with Gasteiger partial charge in [-0.2, -0.15) is 0 Å². The molecule has 0 aromatic heterocycles. The SMILES string of the molecule is O=C(O)C1=CC(Cc2ccccc2)=COCO1. The molecule has 0 atom stereocenters. The zero-order valence-corrected chi connectivity index (χ0v) is 9.13. The van der Waals surface area contributed by atoms with Crippen molar-refractivity contribution in [3.05, 3.63) is 59.6 Å². The van der Waals surface area contributed by atoms with Crippen molar-refractivity contribution in [1.29, 1.82) is 0 Å². The van der Waals surface area contributed by atoms with Crippen LogP contribution in [0.3, 0.4) is 0 Å². The maximum atomic E-state index is 10.8. The monoisotopic (exact) mass is 232 g/mol. The van der Waals surface area contributed by atoms with E-state index in [2.05, 4.69) is 0 Å². The van der Waals surface area contributed by atoms with Crippen molar-refractivity contribution >= 4 is 5.97 Å². The number of hydrogen-bond donors (Lipinski definition) is 1. The Kier molecular flexibility index (Phi) is 3.45. The fourth-order valence-electron chi connectivity index (χ4n) is 1.53. The van der Waals surface area contributed by atoms with Gasteiger partial charge < -0.3 is 14.6 Å². The highest BCUT2D eigenvalue weighted by Crippen LogP contribution is 2.15. The lowest BCUT2D eigenvalue weighted by atomic mass is 10.1. The number of ether oxygens (including phenoxy) is 2. The molecular formula is C13H12O4. The summed E-state index contributed by atoms with van der Waals surface area (Å²) < 4.78 is 9.98. The van der Waals surface area contributed by atoms with E-state index in [1.54, 1.807) is 0 Å². The van der Waals surface area contributed by atoms with E-state index in [1.807, 2.05) is 30.3 Å². The average molecular weight is 232 g/mol. The minimum Gasteiger partial charge on any atom is -0.475 e. The topological polar surface area (TPSA) is 55.8 Å². The summed E-state index contributed by atoms with van der Waals surface area (Å²) >= 11 is 0. The standard InChI is InChI=1S/C13H12O4/c14-13(15)12-7-11(8-16-9-17-12)6-10-4-2-1-3-5-10/h1-5,7-8H,6,9H2,(H,14,15). The van der Waals surface area contributed by atoms with Crippen LogP contribution in [0, 0.1) is 0 Å². The summed E-state index contributed by atoms with van der Waals surface area (Å²) in [7, 11) is 0. The molecule has 0 fully saturated rings. The molecule has 0 spiro atoms. The highest BCUT2D eigenvalue weighted by molar-refractivity contribution is 5.84. The first kappa shape index (κ1) is 11.3. The smallest absolute Gasteiger partial charge is 0.371 e. The quantitative estimate of drug-likeness (QED) is 0.866. The van der Waals surface area contributed by atoms with Crippen molar-refractivity contribution in [3.8, 4) is 0 Å². The Morgan fingerprint density at radius 3 is 2.76 bits per heavy atom. The van der Waals surface area contributed by atoms with Gasteiger partial charge in [0.2, 0.25) is 12.6 Å². The van der Waals surface area contributed by atoms with E-state index in [9.17, 15) is 4.79 Å². The molecule has 0 radical (unpaired) electrons. The molecular weight excluding hydrogens is 220 g/mol. The summed E-state index contributed by atoms with van der Waals surface area (Å²) in [4.78, 5) is 10.8. The summed E-state index contributed by atoms with van der Waals surface area (Å²) in [6, 6.07) is 9.75. The summed E-state index contributed by atoms with van der Waals surface area (Å²) in [5.74, 6) is -1.18. The van der Waals surface area contributed by atoms with E-state index in [0.717, 1.165) is 11.1 Å². The lowest BCUT2D eigenvalue weighted by Crippen LogP contribution is -2.05. The molecule has 0 saturated carbocycles. The van der Waals surface area contributed by atoms with Gasteiger partial charge in [-0.1, -0.05) is 30.3 Å². The van der Waals surface area contributed by atoms with Crippen LogP contribution < -0.4 is 0 Å². The molecule has 2 rings (SSSR count). The molecule has 1 aliphatic heterocycles. The molecule has 1 aromatic carbocycles. The second kappa shape index (κ2) is 5.21. The molecule has 1 N–H and O–H groups in total. The molecule has 1 aromatic rings. The van der Waals surface area contributed by atoms with Crippen LogP contribution in [0.5, 0.6) is 0 Å². The molecule has 88 valence electrons. The Hall–Kier alpha value is -2.23. The van der Waals surface area contributed by atoms with Crippen molar-refractivity contribution < 1.29 is 19.4 Å². The van der Waals surface area contributed by atoms with Gasteiger partial charge in [0.15, 0.2) is 0 Å². The average Bonchev–Trinajstić information content (AvgIpc) is 2.56. The number of benzene rings is 1. The van der Waals surface area contributed by atoms with Crippen molar-refractivity contribution in [2.24, 2.45) is 0 Å². The van der Waals surface area contributed by atoms with E-state index in [-0.39, 0.29) is 12.6 Å². The number of rotatable bonds is 3. The second-order valence-corrected chi connectivity index (χ2v) is 3.60. The number of carboxylic acids is 1. The lowest BCUT2D eigenvalue weighted by Gasteiger charge is -2.01. The molecule has 1 heterocycles. The summed E-state index contributed by atoms with van der Waals surface area (Å²) in [5, 5.41) is 8.87. The summed E-state index contributed by atoms with van der Waals surface area (Å²) in [5.41, 5.74) is 1.86. The molecule has 0 amide bonds. The van der Waals surface area contributed by atoms with Gasteiger partial charge >= 0.3 is 5.97 Å². The third-order valence-electron chi connectivity index (χ3n) is 2.30. The molecule has 4 heteroatoms.